The summed E-state index contributed by atoms with van der Waals surface area (Å²) in [5.74, 6) is -1.03. The molecule has 0 bridgehead atoms. The highest BCUT2D eigenvalue weighted by Crippen LogP contribution is 2.25. The predicted octanol–water partition coefficient (Wildman–Crippen LogP) is 2.95. The first kappa shape index (κ1) is 16.7. The minimum absolute atomic E-state index is 0.0546. The topological polar surface area (TPSA) is 66.4 Å². The lowest BCUT2D eigenvalue weighted by atomic mass is 9.83. The second-order valence-electron chi connectivity index (χ2n) is 5.54. The number of halogens is 1. The molecule has 0 radical (unpaired) electrons. The standard InChI is InChI=1S/C15H20BrNO3/c1-10(8-13(18)19)9-17-14(20)15(2,3)11-4-6-12(16)7-5-11/h4-7,10H,8-9H2,1-3H3,(H,17,20)(H,18,19). The molecule has 2 N–H and O–H groups in total. The number of carbonyl (C=O) groups excluding carboxylic acids is 1. The van der Waals surface area contributed by atoms with E-state index < -0.39 is 11.4 Å². The first-order chi connectivity index (χ1) is 9.23. The molecule has 110 valence electrons. The fourth-order valence-electron chi connectivity index (χ4n) is 1.86. The van der Waals surface area contributed by atoms with Crippen molar-refractivity contribution in [3.05, 3.63) is 34.3 Å². The zero-order chi connectivity index (χ0) is 15.3. The molecule has 4 nitrogen and oxygen atoms in total. The molecule has 0 spiro atoms. The quantitative estimate of drug-likeness (QED) is 0.835. The molecule has 0 heterocycles. The van der Waals surface area contributed by atoms with E-state index in [1.54, 1.807) is 6.92 Å². The molecule has 0 aliphatic carbocycles. The van der Waals surface area contributed by atoms with Crippen LogP contribution in [0.15, 0.2) is 28.7 Å². The third kappa shape index (κ3) is 4.63. The number of carboxylic acids is 1. The van der Waals surface area contributed by atoms with Crippen LogP contribution in [0.4, 0.5) is 0 Å². The molecule has 1 aromatic rings. The number of hydrogen-bond donors (Lipinski definition) is 2. The second-order valence-corrected chi connectivity index (χ2v) is 6.46. The third-order valence-corrected chi connectivity index (χ3v) is 3.80. The van der Waals surface area contributed by atoms with Crippen molar-refractivity contribution in [2.24, 2.45) is 5.92 Å². The van der Waals surface area contributed by atoms with Gasteiger partial charge in [0.25, 0.3) is 0 Å². The first-order valence-electron chi connectivity index (χ1n) is 6.49. The Bertz CT molecular complexity index is 482. The van der Waals surface area contributed by atoms with E-state index in [0.29, 0.717) is 6.54 Å². The lowest BCUT2D eigenvalue weighted by Crippen LogP contribution is -2.42. The molecule has 1 unspecified atom stereocenters. The number of rotatable bonds is 6. The van der Waals surface area contributed by atoms with Gasteiger partial charge in [-0.05, 0) is 37.5 Å². The van der Waals surface area contributed by atoms with Crippen LogP contribution in [-0.2, 0) is 15.0 Å². The van der Waals surface area contributed by atoms with Crippen molar-refractivity contribution in [2.75, 3.05) is 6.54 Å². The van der Waals surface area contributed by atoms with Gasteiger partial charge in [0.1, 0.15) is 0 Å². The smallest absolute Gasteiger partial charge is 0.303 e. The van der Waals surface area contributed by atoms with Crippen molar-refractivity contribution in [2.45, 2.75) is 32.6 Å². The summed E-state index contributed by atoms with van der Waals surface area (Å²) in [7, 11) is 0. The first-order valence-corrected chi connectivity index (χ1v) is 7.29. The maximum Gasteiger partial charge on any atom is 0.303 e. The summed E-state index contributed by atoms with van der Waals surface area (Å²) in [6, 6.07) is 7.61. The second kappa shape index (κ2) is 6.88. The molecule has 0 aromatic heterocycles. The zero-order valence-electron chi connectivity index (χ0n) is 11.9. The van der Waals surface area contributed by atoms with Gasteiger partial charge in [0.2, 0.25) is 5.91 Å². The highest BCUT2D eigenvalue weighted by atomic mass is 79.9. The monoisotopic (exact) mass is 341 g/mol. The van der Waals surface area contributed by atoms with E-state index in [1.165, 1.54) is 0 Å². The Morgan fingerprint density at radius 2 is 1.85 bits per heavy atom. The van der Waals surface area contributed by atoms with Crippen molar-refractivity contribution in [3.8, 4) is 0 Å². The summed E-state index contributed by atoms with van der Waals surface area (Å²) < 4.78 is 0.965. The van der Waals surface area contributed by atoms with Crippen LogP contribution < -0.4 is 5.32 Å². The number of amides is 1. The molecule has 0 saturated heterocycles. The highest BCUT2D eigenvalue weighted by Gasteiger charge is 2.29. The third-order valence-electron chi connectivity index (χ3n) is 3.27. The van der Waals surface area contributed by atoms with E-state index in [1.807, 2.05) is 38.1 Å². The van der Waals surface area contributed by atoms with Gasteiger partial charge in [0.15, 0.2) is 0 Å². The lowest BCUT2D eigenvalue weighted by molar-refractivity contribution is -0.138. The van der Waals surface area contributed by atoms with Crippen LogP contribution in [0, 0.1) is 5.92 Å². The Balaban J connectivity index is 2.65. The fourth-order valence-corrected chi connectivity index (χ4v) is 2.12. The van der Waals surface area contributed by atoms with Crippen LogP contribution in [0.3, 0.4) is 0 Å². The Morgan fingerprint density at radius 1 is 1.30 bits per heavy atom. The molecular formula is C15H20BrNO3. The van der Waals surface area contributed by atoms with Crippen molar-refractivity contribution < 1.29 is 14.7 Å². The van der Waals surface area contributed by atoms with E-state index in [2.05, 4.69) is 21.2 Å². The number of aliphatic carboxylic acids is 1. The van der Waals surface area contributed by atoms with Gasteiger partial charge in [-0.3, -0.25) is 9.59 Å². The molecular weight excluding hydrogens is 322 g/mol. The molecule has 1 amide bonds. The summed E-state index contributed by atoms with van der Waals surface area (Å²) in [5, 5.41) is 11.5. The lowest BCUT2D eigenvalue weighted by Gasteiger charge is -2.25. The SMILES string of the molecule is CC(CNC(=O)C(C)(C)c1ccc(Br)cc1)CC(=O)O. The van der Waals surface area contributed by atoms with Crippen LogP contribution in [0.1, 0.15) is 32.8 Å². The Kier molecular flexibility index (Phi) is 5.74. The maximum absolute atomic E-state index is 12.3. The minimum atomic E-state index is -0.848. The molecule has 0 saturated carbocycles. The summed E-state index contributed by atoms with van der Waals surface area (Å²) in [5.41, 5.74) is 0.271. The predicted molar refractivity (Wildman–Crippen MR) is 81.6 cm³/mol. The van der Waals surface area contributed by atoms with Crippen LogP contribution in [0.2, 0.25) is 0 Å². The van der Waals surface area contributed by atoms with Crippen molar-refractivity contribution >= 4 is 27.8 Å². The molecule has 1 aromatic carbocycles. The maximum atomic E-state index is 12.3. The van der Waals surface area contributed by atoms with Crippen LogP contribution >= 0.6 is 15.9 Å². The molecule has 0 aliphatic rings. The number of hydrogen-bond acceptors (Lipinski definition) is 2. The largest absolute Gasteiger partial charge is 0.481 e. The summed E-state index contributed by atoms with van der Waals surface area (Å²) >= 11 is 3.37. The summed E-state index contributed by atoms with van der Waals surface area (Å²) in [4.78, 5) is 22.9. The van der Waals surface area contributed by atoms with Gasteiger partial charge in [-0.25, -0.2) is 0 Å². The summed E-state index contributed by atoms with van der Waals surface area (Å²) in [6.07, 6.45) is 0.0546. The van der Waals surface area contributed by atoms with E-state index >= 15 is 0 Å². The molecule has 20 heavy (non-hydrogen) atoms. The van der Waals surface area contributed by atoms with Gasteiger partial charge >= 0.3 is 5.97 Å². The molecule has 0 fully saturated rings. The van der Waals surface area contributed by atoms with Crippen LogP contribution in [0.5, 0.6) is 0 Å². The zero-order valence-corrected chi connectivity index (χ0v) is 13.5. The fraction of sp³-hybridized carbons (Fsp3) is 0.467. The van der Waals surface area contributed by atoms with Gasteiger partial charge in [-0.15, -0.1) is 0 Å². The molecule has 0 aliphatic heterocycles. The Labute approximate surface area is 127 Å². The van der Waals surface area contributed by atoms with Crippen molar-refractivity contribution in [3.63, 3.8) is 0 Å². The number of carboxylic acid groups (broad SMARTS) is 1. The van der Waals surface area contributed by atoms with E-state index in [9.17, 15) is 9.59 Å². The van der Waals surface area contributed by atoms with E-state index in [-0.39, 0.29) is 18.2 Å². The van der Waals surface area contributed by atoms with Gasteiger partial charge < -0.3 is 10.4 Å². The van der Waals surface area contributed by atoms with Gasteiger partial charge in [-0.2, -0.15) is 0 Å². The van der Waals surface area contributed by atoms with E-state index in [0.717, 1.165) is 10.0 Å². The van der Waals surface area contributed by atoms with Gasteiger partial charge in [-0.1, -0.05) is 35.0 Å². The van der Waals surface area contributed by atoms with E-state index in [4.69, 9.17) is 5.11 Å². The number of nitrogens with one attached hydrogen (secondary N) is 1. The van der Waals surface area contributed by atoms with Crippen molar-refractivity contribution in [1.29, 1.82) is 0 Å². The Morgan fingerprint density at radius 3 is 2.35 bits per heavy atom. The molecule has 1 atom stereocenters. The van der Waals surface area contributed by atoms with Gasteiger partial charge in [0, 0.05) is 17.4 Å². The van der Waals surface area contributed by atoms with Crippen LogP contribution in [-0.4, -0.2) is 23.5 Å². The Hall–Kier alpha value is -1.36. The van der Waals surface area contributed by atoms with Crippen molar-refractivity contribution in [1.82, 2.24) is 5.32 Å². The van der Waals surface area contributed by atoms with Gasteiger partial charge in [0.05, 0.1) is 5.41 Å². The van der Waals surface area contributed by atoms with Crippen LogP contribution in [0.25, 0.3) is 0 Å². The average Bonchev–Trinajstić information content (AvgIpc) is 2.35. The number of carbonyl (C=O) groups is 2. The molecule has 5 heteroatoms. The normalized spacial score (nSPS) is 12.8. The highest BCUT2D eigenvalue weighted by molar-refractivity contribution is 9.10. The summed E-state index contributed by atoms with van der Waals surface area (Å²) in [6.45, 7) is 5.88. The average molecular weight is 342 g/mol. The molecule has 1 rings (SSSR count). The minimum Gasteiger partial charge on any atom is -0.481 e. The number of benzene rings is 1.